The van der Waals surface area contributed by atoms with Crippen molar-refractivity contribution in [2.24, 2.45) is 5.41 Å². The number of ether oxygens (including phenoxy) is 1. The molecule has 1 rings (SSSR count). The van der Waals surface area contributed by atoms with Crippen LogP contribution in [0.15, 0.2) is 0 Å². The van der Waals surface area contributed by atoms with Crippen LogP contribution in [0.5, 0.6) is 0 Å². The summed E-state index contributed by atoms with van der Waals surface area (Å²) in [7, 11) is 0. The lowest BCUT2D eigenvalue weighted by molar-refractivity contribution is -0.142. The second-order valence-corrected chi connectivity index (χ2v) is 5.92. The summed E-state index contributed by atoms with van der Waals surface area (Å²) in [6, 6.07) is -1.21. The molecule has 110 valence electrons. The van der Waals surface area contributed by atoms with E-state index in [0.29, 0.717) is 19.8 Å². The lowest BCUT2D eigenvalue weighted by atomic mass is 9.87. The van der Waals surface area contributed by atoms with Crippen molar-refractivity contribution >= 4 is 12.0 Å². The zero-order valence-electron chi connectivity index (χ0n) is 12.1. The Hall–Kier alpha value is -1.30. The van der Waals surface area contributed by atoms with Gasteiger partial charge < -0.3 is 20.1 Å². The van der Waals surface area contributed by atoms with E-state index < -0.39 is 17.4 Å². The largest absolute Gasteiger partial charge is 0.480 e. The maximum Gasteiger partial charge on any atom is 0.326 e. The fraction of sp³-hybridized carbons (Fsp3) is 0.846. The minimum Gasteiger partial charge on any atom is -0.480 e. The van der Waals surface area contributed by atoms with Gasteiger partial charge in [-0.3, -0.25) is 0 Å². The molecule has 19 heavy (non-hydrogen) atoms. The summed E-state index contributed by atoms with van der Waals surface area (Å²) >= 11 is 0. The number of nitrogens with zero attached hydrogens (tertiary/aromatic N) is 1. The third kappa shape index (κ3) is 4.09. The van der Waals surface area contributed by atoms with Crippen LogP contribution in [0.4, 0.5) is 4.79 Å². The SMILES string of the molecule is CCC1COCCN1C(=O)N[C@@H](C(=O)O)C(C)(C)C. The van der Waals surface area contributed by atoms with Crippen LogP contribution in [0, 0.1) is 5.41 Å². The van der Waals surface area contributed by atoms with Crippen molar-refractivity contribution in [1.82, 2.24) is 10.2 Å². The van der Waals surface area contributed by atoms with E-state index in [0.717, 1.165) is 6.42 Å². The molecule has 0 aromatic rings. The molecule has 0 aliphatic carbocycles. The quantitative estimate of drug-likeness (QED) is 0.812. The minimum atomic E-state index is -1.01. The molecule has 0 aromatic heterocycles. The van der Waals surface area contributed by atoms with Gasteiger partial charge in [0.05, 0.1) is 19.3 Å². The van der Waals surface area contributed by atoms with Crippen molar-refractivity contribution in [3.05, 3.63) is 0 Å². The molecule has 2 atom stereocenters. The first-order valence-corrected chi connectivity index (χ1v) is 6.65. The van der Waals surface area contributed by atoms with Gasteiger partial charge in [0.15, 0.2) is 0 Å². The molecule has 2 amide bonds. The Bertz CT molecular complexity index is 338. The second-order valence-electron chi connectivity index (χ2n) is 5.92. The summed E-state index contributed by atoms with van der Waals surface area (Å²) in [6.07, 6.45) is 0.792. The van der Waals surface area contributed by atoms with E-state index in [1.165, 1.54) is 0 Å². The maximum atomic E-state index is 12.2. The third-order valence-electron chi connectivity index (χ3n) is 3.34. The summed E-state index contributed by atoms with van der Waals surface area (Å²) in [4.78, 5) is 25.2. The molecule has 1 fully saturated rings. The molecule has 1 unspecified atom stereocenters. The lowest BCUT2D eigenvalue weighted by Crippen LogP contribution is -2.58. The molecule has 0 radical (unpaired) electrons. The van der Waals surface area contributed by atoms with Crippen molar-refractivity contribution in [1.29, 1.82) is 0 Å². The van der Waals surface area contributed by atoms with E-state index in [9.17, 15) is 14.7 Å². The number of hydrogen-bond acceptors (Lipinski definition) is 3. The van der Waals surface area contributed by atoms with Crippen LogP contribution in [-0.2, 0) is 9.53 Å². The van der Waals surface area contributed by atoms with Gasteiger partial charge in [-0.1, -0.05) is 27.7 Å². The number of aliphatic carboxylic acids is 1. The Balaban J connectivity index is 2.73. The van der Waals surface area contributed by atoms with Crippen LogP contribution in [0.1, 0.15) is 34.1 Å². The van der Waals surface area contributed by atoms with Crippen molar-refractivity contribution in [3.8, 4) is 0 Å². The normalized spacial score (nSPS) is 21.9. The van der Waals surface area contributed by atoms with Gasteiger partial charge in [-0.05, 0) is 11.8 Å². The van der Waals surface area contributed by atoms with E-state index >= 15 is 0 Å². The van der Waals surface area contributed by atoms with Crippen LogP contribution in [0.3, 0.4) is 0 Å². The fourth-order valence-corrected chi connectivity index (χ4v) is 2.12. The first-order valence-electron chi connectivity index (χ1n) is 6.65. The monoisotopic (exact) mass is 272 g/mol. The van der Waals surface area contributed by atoms with Gasteiger partial charge in [0.1, 0.15) is 6.04 Å². The molecule has 0 spiro atoms. The highest BCUT2D eigenvalue weighted by atomic mass is 16.5. The number of urea groups is 1. The summed E-state index contributed by atoms with van der Waals surface area (Å²) in [6.45, 7) is 8.88. The van der Waals surface area contributed by atoms with Crippen molar-refractivity contribution in [2.75, 3.05) is 19.8 Å². The van der Waals surface area contributed by atoms with E-state index in [4.69, 9.17) is 4.74 Å². The molecule has 0 saturated carbocycles. The predicted octanol–water partition coefficient (Wildman–Crippen LogP) is 1.31. The number of rotatable bonds is 3. The number of carboxylic acids is 1. The minimum absolute atomic E-state index is 0.0168. The molecule has 1 aliphatic heterocycles. The Morgan fingerprint density at radius 3 is 2.58 bits per heavy atom. The molecular formula is C13H24N2O4. The highest BCUT2D eigenvalue weighted by Crippen LogP contribution is 2.20. The Morgan fingerprint density at radius 2 is 2.11 bits per heavy atom. The maximum absolute atomic E-state index is 12.2. The Morgan fingerprint density at radius 1 is 1.47 bits per heavy atom. The Kier molecular flexibility index (Phi) is 5.17. The number of carbonyl (C=O) groups is 2. The van der Waals surface area contributed by atoms with Gasteiger partial charge >= 0.3 is 12.0 Å². The topological polar surface area (TPSA) is 78.9 Å². The van der Waals surface area contributed by atoms with E-state index in [2.05, 4.69) is 5.32 Å². The van der Waals surface area contributed by atoms with Crippen molar-refractivity contribution < 1.29 is 19.4 Å². The third-order valence-corrected chi connectivity index (χ3v) is 3.34. The first kappa shape index (κ1) is 15.8. The predicted molar refractivity (Wildman–Crippen MR) is 71.0 cm³/mol. The molecule has 1 saturated heterocycles. The van der Waals surface area contributed by atoms with Gasteiger partial charge in [0.2, 0.25) is 0 Å². The average molecular weight is 272 g/mol. The van der Waals surface area contributed by atoms with Gasteiger partial charge in [-0.2, -0.15) is 0 Å². The number of carbonyl (C=O) groups excluding carboxylic acids is 1. The summed E-state index contributed by atoms with van der Waals surface area (Å²) < 4.78 is 5.34. The summed E-state index contributed by atoms with van der Waals surface area (Å²) in [5.74, 6) is -1.01. The van der Waals surface area contributed by atoms with Crippen LogP contribution in [0.2, 0.25) is 0 Å². The van der Waals surface area contributed by atoms with Crippen molar-refractivity contribution in [2.45, 2.75) is 46.2 Å². The van der Waals surface area contributed by atoms with Crippen LogP contribution >= 0.6 is 0 Å². The first-order chi connectivity index (χ1) is 8.77. The number of amides is 2. The molecule has 0 bridgehead atoms. The standard InChI is InChI=1S/C13H24N2O4/c1-5-9-8-19-7-6-15(9)12(18)14-10(11(16)17)13(2,3)4/h9-10H,5-8H2,1-4H3,(H,14,18)(H,16,17)/t9?,10-/m0/s1. The highest BCUT2D eigenvalue weighted by Gasteiger charge is 2.35. The molecule has 0 aromatic carbocycles. The second kappa shape index (κ2) is 6.23. The zero-order valence-corrected chi connectivity index (χ0v) is 12.1. The van der Waals surface area contributed by atoms with Gasteiger partial charge in [-0.25, -0.2) is 9.59 Å². The molecular weight excluding hydrogens is 248 g/mol. The smallest absolute Gasteiger partial charge is 0.326 e. The average Bonchev–Trinajstić information content (AvgIpc) is 2.33. The summed E-state index contributed by atoms with van der Waals surface area (Å²) in [5, 5.41) is 11.8. The number of nitrogens with one attached hydrogen (secondary N) is 1. The van der Waals surface area contributed by atoms with Crippen LogP contribution in [-0.4, -0.2) is 53.8 Å². The van der Waals surface area contributed by atoms with Crippen LogP contribution < -0.4 is 5.32 Å². The lowest BCUT2D eigenvalue weighted by Gasteiger charge is -2.37. The van der Waals surface area contributed by atoms with Crippen LogP contribution in [0.25, 0.3) is 0 Å². The van der Waals surface area contributed by atoms with E-state index in [1.807, 2.05) is 6.92 Å². The Labute approximate surface area is 114 Å². The van der Waals surface area contributed by atoms with Gasteiger partial charge in [0.25, 0.3) is 0 Å². The van der Waals surface area contributed by atoms with Gasteiger partial charge in [0, 0.05) is 6.54 Å². The molecule has 1 heterocycles. The van der Waals surface area contributed by atoms with Crippen molar-refractivity contribution in [3.63, 3.8) is 0 Å². The molecule has 2 N–H and O–H groups in total. The zero-order chi connectivity index (χ0) is 14.6. The number of carboxylic acid groups (broad SMARTS) is 1. The van der Waals surface area contributed by atoms with E-state index in [-0.39, 0.29) is 12.1 Å². The summed E-state index contributed by atoms with van der Waals surface area (Å²) in [5.41, 5.74) is -0.532. The van der Waals surface area contributed by atoms with E-state index in [1.54, 1.807) is 25.7 Å². The van der Waals surface area contributed by atoms with Gasteiger partial charge in [-0.15, -0.1) is 0 Å². The number of hydrogen-bond donors (Lipinski definition) is 2. The highest BCUT2D eigenvalue weighted by molar-refractivity contribution is 5.83. The molecule has 6 nitrogen and oxygen atoms in total. The number of morpholine rings is 1. The molecule has 6 heteroatoms. The molecule has 1 aliphatic rings. The fourth-order valence-electron chi connectivity index (χ4n) is 2.12.